The summed E-state index contributed by atoms with van der Waals surface area (Å²) in [6.07, 6.45) is 0. The average Bonchev–Trinajstić information content (AvgIpc) is 2.84. The molecule has 126 valence electrons. The first-order valence-corrected chi connectivity index (χ1v) is 9.01. The van der Waals surface area contributed by atoms with Gasteiger partial charge in [-0.25, -0.2) is 0 Å². The highest BCUT2D eigenvalue weighted by Crippen LogP contribution is 2.36. The number of aromatic nitrogens is 3. The summed E-state index contributed by atoms with van der Waals surface area (Å²) in [5.41, 5.74) is 8.53. The van der Waals surface area contributed by atoms with Gasteiger partial charge in [0.15, 0.2) is 5.16 Å². The predicted octanol–water partition coefficient (Wildman–Crippen LogP) is 5.02. The third-order valence-corrected chi connectivity index (χ3v) is 4.91. The molecule has 0 aliphatic heterocycles. The molecule has 0 aliphatic carbocycles. The number of benzene rings is 2. The molecule has 0 fully saturated rings. The van der Waals surface area contributed by atoms with Crippen LogP contribution in [0.25, 0.3) is 16.5 Å². The number of hydrogen-bond acceptors (Lipinski definition) is 4. The summed E-state index contributed by atoms with van der Waals surface area (Å²) in [5.74, 6) is 0.884. The Hall–Kier alpha value is -2.01. The molecule has 1 aromatic heterocycles. The smallest absolute Gasteiger partial charge is 0.227 e. The normalized spacial score (nSPS) is 12.2. The Balaban J connectivity index is 2.25. The largest absolute Gasteiger partial charge is 0.368 e. The van der Waals surface area contributed by atoms with Crippen LogP contribution in [0.1, 0.15) is 46.1 Å². The Labute approximate surface area is 147 Å². The highest BCUT2D eigenvalue weighted by atomic mass is 32.2. The van der Waals surface area contributed by atoms with E-state index in [-0.39, 0.29) is 4.75 Å². The van der Waals surface area contributed by atoms with Gasteiger partial charge in [-0.3, -0.25) is 4.57 Å². The van der Waals surface area contributed by atoms with Crippen LogP contribution in [0.2, 0.25) is 0 Å². The Bertz CT molecular complexity index is 875. The number of nitrogens with two attached hydrogens (primary N) is 1. The monoisotopic (exact) mass is 340 g/mol. The van der Waals surface area contributed by atoms with Crippen molar-refractivity contribution in [1.29, 1.82) is 0 Å². The van der Waals surface area contributed by atoms with E-state index in [1.165, 1.54) is 16.3 Å². The maximum atomic E-state index is 6.16. The van der Waals surface area contributed by atoms with Gasteiger partial charge in [0.25, 0.3) is 0 Å². The van der Waals surface area contributed by atoms with Crippen molar-refractivity contribution in [1.82, 2.24) is 14.8 Å². The topological polar surface area (TPSA) is 56.7 Å². The van der Waals surface area contributed by atoms with Gasteiger partial charge in [-0.05, 0) is 22.9 Å². The quantitative estimate of drug-likeness (QED) is 0.680. The van der Waals surface area contributed by atoms with Crippen LogP contribution in [0, 0.1) is 0 Å². The van der Waals surface area contributed by atoms with Gasteiger partial charge in [-0.2, -0.15) is 0 Å². The van der Waals surface area contributed by atoms with Crippen molar-refractivity contribution in [2.24, 2.45) is 0 Å². The second kappa shape index (κ2) is 6.13. The lowest BCUT2D eigenvalue weighted by molar-refractivity contribution is 0.783. The summed E-state index contributed by atoms with van der Waals surface area (Å²) < 4.78 is 1.99. The lowest BCUT2D eigenvalue weighted by Gasteiger charge is -2.19. The summed E-state index contributed by atoms with van der Waals surface area (Å²) in [7, 11) is 0. The van der Waals surface area contributed by atoms with E-state index >= 15 is 0 Å². The fraction of sp³-hybridized carbons (Fsp3) is 0.368. The highest BCUT2D eigenvalue weighted by Gasteiger charge is 2.21. The van der Waals surface area contributed by atoms with Crippen LogP contribution in [0.4, 0.5) is 5.95 Å². The second-order valence-electron chi connectivity index (χ2n) is 7.26. The number of hydrogen-bond donors (Lipinski definition) is 1. The van der Waals surface area contributed by atoms with Gasteiger partial charge in [0.05, 0.1) is 5.69 Å². The minimum absolute atomic E-state index is 0.0326. The first-order valence-electron chi connectivity index (χ1n) is 8.20. The number of anilines is 1. The molecule has 2 aromatic carbocycles. The number of fused-ring (bicyclic) bond motifs is 1. The zero-order chi connectivity index (χ0) is 17.5. The van der Waals surface area contributed by atoms with E-state index in [2.05, 4.69) is 81.2 Å². The summed E-state index contributed by atoms with van der Waals surface area (Å²) in [6, 6.07) is 12.8. The number of nitrogen functional groups attached to an aromatic ring is 1. The zero-order valence-electron chi connectivity index (χ0n) is 14.9. The SMILES string of the molecule is CC(C)c1ccc(-n2c(N)nnc2SC(C)(C)C)c2ccccc12. The Kier molecular flexibility index (Phi) is 4.30. The van der Waals surface area contributed by atoms with Crippen LogP contribution in [0.3, 0.4) is 0 Å². The lowest BCUT2D eigenvalue weighted by atomic mass is 9.95. The predicted molar refractivity (Wildman–Crippen MR) is 103 cm³/mol. The van der Waals surface area contributed by atoms with Crippen molar-refractivity contribution >= 4 is 28.5 Å². The Morgan fingerprint density at radius 1 is 1.00 bits per heavy atom. The maximum Gasteiger partial charge on any atom is 0.227 e. The van der Waals surface area contributed by atoms with E-state index < -0.39 is 0 Å². The molecule has 0 unspecified atom stereocenters. The molecule has 1 heterocycles. The first kappa shape index (κ1) is 16.8. The molecule has 0 saturated heterocycles. The molecule has 0 aliphatic rings. The van der Waals surface area contributed by atoms with Gasteiger partial charge >= 0.3 is 0 Å². The van der Waals surface area contributed by atoms with Crippen LogP contribution >= 0.6 is 11.8 Å². The molecule has 0 spiro atoms. The molecule has 0 atom stereocenters. The van der Waals surface area contributed by atoms with Crippen molar-refractivity contribution in [3.8, 4) is 5.69 Å². The minimum atomic E-state index is 0.0326. The second-order valence-corrected chi connectivity index (χ2v) is 9.06. The molecular weight excluding hydrogens is 316 g/mol. The first-order chi connectivity index (χ1) is 11.3. The van der Waals surface area contributed by atoms with Crippen molar-refractivity contribution in [2.45, 2.75) is 50.4 Å². The molecule has 24 heavy (non-hydrogen) atoms. The van der Waals surface area contributed by atoms with Gasteiger partial charge in [-0.15, -0.1) is 10.2 Å². The average molecular weight is 340 g/mol. The molecule has 3 rings (SSSR count). The van der Waals surface area contributed by atoms with E-state index in [1.807, 2.05) is 4.57 Å². The Morgan fingerprint density at radius 3 is 2.29 bits per heavy atom. The molecule has 3 aromatic rings. The summed E-state index contributed by atoms with van der Waals surface area (Å²) in [6.45, 7) is 10.9. The van der Waals surface area contributed by atoms with Crippen LogP contribution in [-0.4, -0.2) is 19.5 Å². The third kappa shape index (κ3) is 3.13. The van der Waals surface area contributed by atoms with Crippen LogP contribution in [-0.2, 0) is 0 Å². The zero-order valence-corrected chi connectivity index (χ0v) is 15.7. The van der Waals surface area contributed by atoms with Gasteiger partial charge in [0.2, 0.25) is 5.95 Å². The standard InChI is InChI=1S/C19H24N4S/c1-12(2)13-10-11-16(15-9-7-6-8-14(13)15)23-17(20)21-22-18(23)24-19(3,4)5/h6-12H,1-5H3,(H2,20,21). The number of thioether (sulfide) groups is 1. The third-order valence-electron chi connectivity index (χ3n) is 3.85. The fourth-order valence-corrected chi connectivity index (χ4v) is 3.77. The van der Waals surface area contributed by atoms with E-state index in [0.717, 1.165) is 10.8 Å². The molecule has 0 amide bonds. The maximum absolute atomic E-state index is 6.16. The van der Waals surface area contributed by atoms with Gasteiger partial charge < -0.3 is 5.73 Å². The van der Waals surface area contributed by atoms with E-state index in [4.69, 9.17) is 5.73 Å². The van der Waals surface area contributed by atoms with E-state index in [9.17, 15) is 0 Å². The van der Waals surface area contributed by atoms with E-state index in [1.54, 1.807) is 11.8 Å². The molecule has 0 bridgehead atoms. The van der Waals surface area contributed by atoms with Crippen LogP contribution in [0.15, 0.2) is 41.6 Å². The summed E-state index contributed by atoms with van der Waals surface area (Å²) in [5, 5.41) is 11.7. The molecule has 0 radical (unpaired) electrons. The van der Waals surface area contributed by atoms with E-state index in [0.29, 0.717) is 11.9 Å². The highest BCUT2D eigenvalue weighted by molar-refractivity contribution is 8.00. The van der Waals surface area contributed by atoms with Crippen molar-refractivity contribution < 1.29 is 0 Å². The fourth-order valence-electron chi connectivity index (χ4n) is 2.85. The van der Waals surface area contributed by atoms with Gasteiger partial charge in [-0.1, -0.05) is 76.7 Å². The molecule has 5 heteroatoms. The van der Waals surface area contributed by atoms with Gasteiger partial charge in [0, 0.05) is 10.1 Å². The van der Waals surface area contributed by atoms with Crippen molar-refractivity contribution in [2.75, 3.05) is 5.73 Å². The lowest BCUT2D eigenvalue weighted by Crippen LogP contribution is -2.11. The van der Waals surface area contributed by atoms with Gasteiger partial charge in [0.1, 0.15) is 0 Å². The van der Waals surface area contributed by atoms with Crippen molar-refractivity contribution in [3.63, 3.8) is 0 Å². The summed E-state index contributed by atoms with van der Waals surface area (Å²) in [4.78, 5) is 0. The Morgan fingerprint density at radius 2 is 1.67 bits per heavy atom. The molecule has 4 nitrogen and oxygen atoms in total. The molecule has 0 saturated carbocycles. The number of rotatable bonds is 3. The van der Waals surface area contributed by atoms with Crippen LogP contribution in [0.5, 0.6) is 0 Å². The number of nitrogens with zero attached hydrogens (tertiary/aromatic N) is 3. The summed E-state index contributed by atoms with van der Waals surface area (Å²) >= 11 is 1.67. The molecular formula is C19H24N4S. The minimum Gasteiger partial charge on any atom is -0.368 e. The van der Waals surface area contributed by atoms with Crippen molar-refractivity contribution in [3.05, 3.63) is 42.0 Å². The van der Waals surface area contributed by atoms with Crippen LogP contribution < -0.4 is 5.73 Å². The molecule has 2 N–H and O–H groups in total.